The summed E-state index contributed by atoms with van der Waals surface area (Å²) in [4.78, 5) is 33.3. The molecule has 0 aliphatic heterocycles. The van der Waals surface area contributed by atoms with Crippen LogP contribution in [0.1, 0.15) is 24.5 Å². The van der Waals surface area contributed by atoms with Gasteiger partial charge < -0.3 is 5.32 Å². The number of anilines is 2. The van der Waals surface area contributed by atoms with Crippen molar-refractivity contribution in [3.05, 3.63) is 82.8 Å². The van der Waals surface area contributed by atoms with Gasteiger partial charge in [-0.3, -0.25) is 14.3 Å². The fraction of sp³-hybridized carbons (Fsp3) is 0.182. The SMILES string of the molecule is Cc1cc(NS(=O)(=O)c2ccc(NC(=O)[C@H](C)n3nc(-n4cccn4)ccc3=O)cc2)nc(C)n1. The van der Waals surface area contributed by atoms with Crippen molar-refractivity contribution in [3.63, 3.8) is 0 Å². The molecule has 35 heavy (non-hydrogen) atoms. The summed E-state index contributed by atoms with van der Waals surface area (Å²) in [5, 5.41) is 11.0. The van der Waals surface area contributed by atoms with E-state index in [0.717, 1.165) is 4.68 Å². The Balaban J connectivity index is 1.48. The second kappa shape index (κ2) is 9.46. The van der Waals surface area contributed by atoms with Crippen LogP contribution < -0.4 is 15.6 Å². The molecule has 4 rings (SSSR count). The van der Waals surface area contributed by atoms with Gasteiger partial charge in [-0.25, -0.2) is 27.7 Å². The highest BCUT2D eigenvalue weighted by molar-refractivity contribution is 7.92. The average Bonchev–Trinajstić information content (AvgIpc) is 3.33. The van der Waals surface area contributed by atoms with Gasteiger partial charge in [0.2, 0.25) is 5.91 Å². The van der Waals surface area contributed by atoms with E-state index >= 15 is 0 Å². The lowest BCUT2D eigenvalue weighted by Gasteiger charge is -2.15. The Kier molecular flexibility index (Phi) is 6.42. The monoisotopic (exact) mass is 494 g/mol. The first-order valence-corrected chi connectivity index (χ1v) is 12.0. The number of amides is 1. The summed E-state index contributed by atoms with van der Waals surface area (Å²) in [5.41, 5.74) is 0.531. The van der Waals surface area contributed by atoms with Crippen molar-refractivity contribution in [2.24, 2.45) is 0 Å². The van der Waals surface area contributed by atoms with Crippen LogP contribution in [0.15, 0.2) is 70.6 Å². The minimum absolute atomic E-state index is 0.0118. The summed E-state index contributed by atoms with van der Waals surface area (Å²) in [7, 11) is -3.90. The Hall–Kier alpha value is -4.39. The van der Waals surface area contributed by atoms with E-state index in [1.165, 1.54) is 54.1 Å². The smallest absolute Gasteiger partial charge is 0.267 e. The minimum Gasteiger partial charge on any atom is -0.324 e. The van der Waals surface area contributed by atoms with Gasteiger partial charge in [0.1, 0.15) is 17.7 Å². The van der Waals surface area contributed by atoms with E-state index in [-0.39, 0.29) is 10.7 Å². The number of sulfonamides is 1. The lowest BCUT2D eigenvalue weighted by molar-refractivity contribution is -0.119. The maximum absolute atomic E-state index is 12.8. The molecule has 0 saturated carbocycles. The third kappa shape index (κ3) is 5.41. The van der Waals surface area contributed by atoms with Crippen LogP contribution in [0.3, 0.4) is 0 Å². The summed E-state index contributed by atoms with van der Waals surface area (Å²) in [6.45, 7) is 4.94. The highest BCUT2D eigenvalue weighted by atomic mass is 32.2. The van der Waals surface area contributed by atoms with Crippen molar-refractivity contribution in [1.82, 2.24) is 29.5 Å². The zero-order valence-electron chi connectivity index (χ0n) is 19.1. The minimum atomic E-state index is -3.90. The van der Waals surface area contributed by atoms with Crippen molar-refractivity contribution in [3.8, 4) is 5.82 Å². The molecular formula is C22H22N8O4S. The summed E-state index contributed by atoms with van der Waals surface area (Å²) in [6.07, 6.45) is 3.24. The Labute approximate surface area is 200 Å². The van der Waals surface area contributed by atoms with E-state index in [0.29, 0.717) is 23.0 Å². The van der Waals surface area contributed by atoms with Crippen LogP contribution in [0.25, 0.3) is 5.82 Å². The molecule has 13 heteroatoms. The number of benzene rings is 1. The molecule has 2 N–H and O–H groups in total. The molecule has 4 aromatic rings. The Bertz CT molecular complexity index is 1510. The largest absolute Gasteiger partial charge is 0.324 e. The van der Waals surface area contributed by atoms with Gasteiger partial charge in [-0.05, 0) is 57.2 Å². The van der Waals surface area contributed by atoms with Crippen LogP contribution in [0.4, 0.5) is 11.5 Å². The molecule has 0 aliphatic carbocycles. The first kappa shape index (κ1) is 23.8. The van der Waals surface area contributed by atoms with Crippen molar-refractivity contribution in [2.45, 2.75) is 31.7 Å². The van der Waals surface area contributed by atoms with Crippen LogP contribution in [0, 0.1) is 13.8 Å². The standard InChI is InChI=1S/C22H22N8O4S/c1-14-13-19(25-16(3)24-14)28-35(33,34)18-7-5-17(6-8-18)26-22(32)15(2)30-21(31)10-9-20(27-30)29-12-4-11-23-29/h4-13,15H,1-3H3,(H,26,32)(H,24,25,28)/t15-/m0/s1. The normalized spacial score (nSPS) is 12.2. The van der Waals surface area contributed by atoms with E-state index in [1.807, 2.05) is 0 Å². The van der Waals surface area contributed by atoms with Crippen LogP contribution in [0.5, 0.6) is 0 Å². The molecular weight excluding hydrogens is 472 g/mol. The lowest BCUT2D eigenvalue weighted by Crippen LogP contribution is -2.33. The van der Waals surface area contributed by atoms with Crippen LogP contribution >= 0.6 is 0 Å². The van der Waals surface area contributed by atoms with E-state index in [2.05, 4.69) is 30.2 Å². The maximum Gasteiger partial charge on any atom is 0.267 e. The van der Waals surface area contributed by atoms with E-state index in [4.69, 9.17) is 0 Å². The van der Waals surface area contributed by atoms with Crippen LogP contribution in [-0.4, -0.2) is 43.9 Å². The molecule has 1 aromatic carbocycles. The van der Waals surface area contributed by atoms with Crippen LogP contribution in [0.2, 0.25) is 0 Å². The van der Waals surface area contributed by atoms with Crippen molar-refractivity contribution in [1.29, 1.82) is 0 Å². The number of hydrogen-bond donors (Lipinski definition) is 2. The van der Waals surface area contributed by atoms with Gasteiger partial charge in [0.05, 0.1) is 4.90 Å². The van der Waals surface area contributed by atoms with Crippen LogP contribution in [-0.2, 0) is 14.8 Å². The number of carbonyl (C=O) groups is 1. The number of aryl methyl sites for hydroxylation is 2. The van der Waals surface area contributed by atoms with Crippen molar-refractivity contribution >= 4 is 27.4 Å². The topological polar surface area (TPSA) is 154 Å². The molecule has 0 aliphatic rings. The van der Waals surface area contributed by atoms with Gasteiger partial charge in [-0.1, -0.05) is 0 Å². The zero-order chi connectivity index (χ0) is 25.2. The molecule has 3 heterocycles. The molecule has 180 valence electrons. The molecule has 0 fully saturated rings. The predicted molar refractivity (Wildman–Crippen MR) is 128 cm³/mol. The van der Waals surface area contributed by atoms with Gasteiger partial charge >= 0.3 is 0 Å². The summed E-state index contributed by atoms with van der Waals surface area (Å²) in [6, 6.07) is 10.7. The predicted octanol–water partition coefficient (Wildman–Crippen LogP) is 1.84. The first-order valence-electron chi connectivity index (χ1n) is 10.5. The number of nitrogens with zero attached hydrogens (tertiary/aromatic N) is 6. The number of nitrogens with one attached hydrogen (secondary N) is 2. The number of rotatable bonds is 7. The summed E-state index contributed by atoms with van der Waals surface area (Å²) < 4.78 is 30.4. The summed E-state index contributed by atoms with van der Waals surface area (Å²) >= 11 is 0. The quantitative estimate of drug-likeness (QED) is 0.394. The molecule has 0 saturated heterocycles. The Morgan fingerprint density at radius 3 is 2.46 bits per heavy atom. The number of hydrogen-bond acceptors (Lipinski definition) is 8. The van der Waals surface area contributed by atoms with E-state index < -0.39 is 27.5 Å². The number of aromatic nitrogens is 6. The zero-order valence-corrected chi connectivity index (χ0v) is 19.9. The molecule has 0 radical (unpaired) electrons. The Morgan fingerprint density at radius 1 is 1.06 bits per heavy atom. The average molecular weight is 495 g/mol. The molecule has 0 spiro atoms. The fourth-order valence-corrected chi connectivity index (χ4v) is 4.25. The van der Waals surface area contributed by atoms with Gasteiger partial charge in [-0.2, -0.15) is 5.10 Å². The first-order chi connectivity index (χ1) is 16.6. The molecule has 1 amide bonds. The highest BCUT2D eigenvalue weighted by Gasteiger charge is 2.20. The van der Waals surface area contributed by atoms with Gasteiger partial charge in [-0.15, -0.1) is 5.10 Å². The van der Waals surface area contributed by atoms with Gasteiger partial charge in [0.25, 0.3) is 15.6 Å². The second-order valence-electron chi connectivity index (χ2n) is 7.66. The maximum atomic E-state index is 12.8. The van der Waals surface area contributed by atoms with E-state index in [9.17, 15) is 18.0 Å². The highest BCUT2D eigenvalue weighted by Crippen LogP contribution is 2.18. The second-order valence-corrected chi connectivity index (χ2v) is 9.34. The Morgan fingerprint density at radius 2 is 1.80 bits per heavy atom. The van der Waals surface area contributed by atoms with Crippen molar-refractivity contribution in [2.75, 3.05) is 10.0 Å². The molecule has 0 unspecified atom stereocenters. The molecule has 12 nitrogen and oxygen atoms in total. The summed E-state index contributed by atoms with van der Waals surface area (Å²) in [5.74, 6) is 0.485. The van der Waals surface area contributed by atoms with Gasteiger partial charge in [0, 0.05) is 35.9 Å². The molecule has 1 atom stereocenters. The lowest BCUT2D eigenvalue weighted by atomic mass is 10.2. The van der Waals surface area contributed by atoms with Gasteiger partial charge in [0.15, 0.2) is 5.82 Å². The molecule has 0 bridgehead atoms. The molecule has 3 aromatic heterocycles. The third-order valence-corrected chi connectivity index (χ3v) is 6.30. The van der Waals surface area contributed by atoms with E-state index in [1.54, 1.807) is 32.3 Å². The fourth-order valence-electron chi connectivity index (χ4n) is 3.26. The number of carbonyl (C=O) groups excluding carboxylic acids is 1. The third-order valence-electron chi connectivity index (χ3n) is 4.93. The van der Waals surface area contributed by atoms with Crippen molar-refractivity contribution < 1.29 is 13.2 Å².